The second-order valence-corrected chi connectivity index (χ2v) is 9.23. The molecule has 3 heterocycles. The minimum absolute atomic E-state index is 0.249. The van der Waals surface area contributed by atoms with Gasteiger partial charge in [-0.1, -0.05) is 11.6 Å². The molecule has 0 bridgehead atoms. The van der Waals surface area contributed by atoms with Gasteiger partial charge in [0.25, 0.3) is 0 Å². The number of aromatic nitrogens is 1. The van der Waals surface area contributed by atoms with E-state index < -0.39 is 0 Å². The van der Waals surface area contributed by atoms with Gasteiger partial charge < -0.3 is 14.5 Å². The molecule has 4 nitrogen and oxygen atoms in total. The van der Waals surface area contributed by atoms with Crippen LogP contribution in [0.25, 0.3) is 0 Å². The van der Waals surface area contributed by atoms with Crippen LogP contribution in [0.4, 0.5) is 15.2 Å². The Labute approximate surface area is 166 Å². The van der Waals surface area contributed by atoms with Gasteiger partial charge in [-0.15, -0.1) is 11.3 Å². The van der Waals surface area contributed by atoms with Crippen LogP contribution in [0.2, 0.25) is 5.02 Å². The summed E-state index contributed by atoms with van der Waals surface area (Å²) in [5, 5.41) is 3.23. The van der Waals surface area contributed by atoms with Crippen LogP contribution in [0.1, 0.15) is 12.8 Å². The molecule has 0 radical (unpaired) electrons. The third kappa shape index (κ3) is 3.96. The Morgan fingerprint density at radius 1 is 1.27 bits per heavy atom. The van der Waals surface area contributed by atoms with E-state index in [9.17, 15) is 4.39 Å². The molecule has 0 spiro atoms. The zero-order valence-corrected chi connectivity index (χ0v) is 17.0. The van der Waals surface area contributed by atoms with E-state index in [-0.39, 0.29) is 5.82 Å². The van der Waals surface area contributed by atoms with Crippen molar-refractivity contribution in [1.82, 2.24) is 9.88 Å². The summed E-state index contributed by atoms with van der Waals surface area (Å²) in [6.45, 7) is 4.35. The summed E-state index contributed by atoms with van der Waals surface area (Å²) >= 11 is 9.13. The number of hydrogen-bond donors (Lipinski definition) is 1. The lowest BCUT2D eigenvalue weighted by Crippen LogP contribution is -2.52. The van der Waals surface area contributed by atoms with Crippen LogP contribution in [0.15, 0.2) is 28.6 Å². The molecule has 0 saturated carbocycles. The molecule has 8 heteroatoms. The predicted molar refractivity (Wildman–Crippen MR) is 109 cm³/mol. The molecule has 2 fully saturated rings. The molecule has 26 heavy (non-hydrogen) atoms. The number of thiazole rings is 1. The molecule has 2 aliphatic heterocycles. The molecule has 1 aromatic carbocycles. The topological polar surface area (TPSA) is 31.4 Å². The third-order valence-electron chi connectivity index (χ3n) is 5.36. The lowest BCUT2D eigenvalue weighted by molar-refractivity contribution is 0.152. The van der Waals surface area contributed by atoms with Crippen LogP contribution in [0.5, 0.6) is 0 Å². The lowest BCUT2D eigenvalue weighted by atomic mass is 9.79. The summed E-state index contributed by atoms with van der Waals surface area (Å²) in [4.78, 5) is 9.22. The summed E-state index contributed by atoms with van der Waals surface area (Å²) in [7, 11) is 2.19. The molecule has 0 atom stereocenters. The summed E-state index contributed by atoms with van der Waals surface area (Å²) in [5.41, 5.74) is 0.812. The van der Waals surface area contributed by atoms with Gasteiger partial charge in [-0.25, -0.2) is 9.37 Å². The fourth-order valence-electron chi connectivity index (χ4n) is 3.72. The SMILES string of the molecule is CN1CCC(C2CN(c3cc(F)c(SNc4nccs4)cc3Cl)C2)CC1. The van der Waals surface area contributed by atoms with E-state index in [4.69, 9.17) is 11.6 Å². The summed E-state index contributed by atoms with van der Waals surface area (Å²) < 4.78 is 17.6. The van der Waals surface area contributed by atoms with Crippen LogP contribution in [-0.2, 0) is 0 Å². The highest BCUT2D eigenvalue weighted by Crippen LogP contribution is 2.39. The van der Waals surface area contributed by atoms with Gasteiger partial charge in [0.15, 0.2) is 5.13 Å². The highest BCUT2D eigenvalue weighted by atomic mass is 35.5. The Morgan fingerprint density at radius 3 is 2.73 bits per heavy atom. The molecule has 2 aromatic rings. The van der Waals surface area contributed by atoms with Gasteiger partial charge in [-0.05, 0) is 68.9 Å². The number of hydrogen-bond acceptors (Lipinski definition) is 6. The molecule has 140 valence electrons. The second kappa shape index (κ2) is 7.92. The van der Waals surface area contributed by atoms with Gasteiger partial charge in [-0.2, -0.15) is 0 Å². The van der Waals surface area contributed by atoms with E-state index in [1.54, 1.807) is 18.3 Å². The van der Waals surface area contributed by atoms with Crippen molar-refractivity contribution in [2.24, 2.45) is 11.8 Å². The molecule has 2 aliphatic rings. The first-order chi connectivity index (χ1) is 12.6. The maximum Gasteiger partial charge on any atom is 0.192 e. The molecule has 1 aromatic heterocycles. The van der Waals surface area contributed by atoms with Gasteiger partial charge in [0.2, 0.25) is 0 Å². The lowest BCUT2D eigenvalue weighted by Gasteiger charge is -2.47. The largest absolute Gasteiger partial charge is 0.370 e. The quantitative estimate of drug-likeness (QED) is 0.710. The number of nitrogens with one attached hydrogen (secondary N) is 1. The Balaban J connectivity index is 1.36. The first-order valence-electron chi connectivity index (χ1n) is 8.85. The van der Waals surface area contributed by atoms with E-state index in [1.165, 1.54) is 49.2 Å². The Kier molecular flexibility index (Phi) is 5.59. The van der Waals surface area contributed by atoms with Crippen molar-refractivity contribution in [2.75, 3.05) is 42.8 Å². The minimum Gasteiger partial charge on any atom is -0.370 e. The number of benzene rings is 1. The van der Waals surface area contributed by atoms with Crippen molar-refractivity contribution < 1.29 is 4.39 Å². The summed E-state index contributed by atoms with van der Waals surface area (Å²) in [5.74, 6) is 1.26. The summed E-state index contributed by atoms with van der Waals surface area (Å²) in [6.07, 6.45) is 4.26. The molecule has 0 amide bonds. The number of likely N-dealkylation sites (tertiary alicyclic amines) is 1. The van der Waals surface area contributed by atoms with Gasteiger partial charge in [0.05, 0.1) is 15.6 Å². The van der Waals surface area contributed by atoms with Crippen LogP contribution in [0.3, 0.4) is 0 Å². The first-order valence-corrected chi connectivity index (χ1v) is 10.9. The second-order valence-electron chi connectivity index (χ2n) is 7.08. The molecular weight excluding hydrogens is 391 g/mol. The number of piperidine rings is 1. The van der Waals surface area contributed by atoms with Gasteiger partial charge in [0, 0.05) is 24.7 Å². The van der Waals surface area contributed by atoms with Crippen LogP contribution in [0, 0.1) is 17.7 Å². The molecule has 1 N–H and O–H groups in total. The molecule has 0 unspecified atom stereocenters. The van der Waals surface area contributed by atoms with E-state index in [0.717, 1.165) is 29.8 Å². The van der Waals surface area contributed by atoms with Crippen molar-refractivity contribution >= 4 is 45.7 Å². The number of anilines is 2. The molecule has 0 aliphatic carbocycles. The Morgan fingerprint density at radius 2 is 2.04 bits per heavy atom. The first kappa shape index (κ1) is 18.3. The fourth-order valence-corrected chi connectivity index (χ4v) is 5.34. The Hall–Kier alpha value is -1.02. The highest BCUT2D eigenvalue weighted by Gasteiger charge is 2.35. The molecular formula is C18H22ClFN4S2. The number of halogens is 2. The maximum atomic E-state index is 14.5. The van der Waals surface area contributed by atoms with E-state index >= 15 is 0 Å². The normalized spacial score (nSPS) is 19.6. The molecule has 2 saturated heterocycles. The van der Waals surface area contributed by atoms with Gasteiger partial charge >= 0.3 is 0 Å². The zero-order valence-electron chi connectivity index (χ0n) is 14.6. The smallest absolute Gasteiger partial charge is 0.192 e. The zero-order chi connectivity index (χ0) is 18.1. The maximum absolute atomic E-state index is 14.5. The van der Waals surface area contributed by atoms with Crippen molar-refractivity contribution in [3.05, 3.63) is 34.5 Å². The van der Waals surface area contributed by atoms with E-state index in [2.05, 4.69) is 26.6 Å². The number of nitrogens with zero attached hydrogens (tertiary/aromatic N) is 3. The average molecular weight is 413 g/mol. The van der Waals surface area contributed by atoms with Crippen molar-refractivity contribution in [2.45, 2.75) is 17.7 Å². The predicted octanol–water partition coefficient (Wildman–Crippen LogP) is 4.83. The van der Waals surface area contributed by atoms with E-state index in [0.29, 0.717) is 15.8 Å². The third-order valence-corrected chi connectivity index (χ3v) is 7.31. The Bertz CT molecular complexity index is 744. The monoisotopic (exact) mass is 412 g/mol. The van der Waals surface area contributed by atoms with Crippen molar-refractivity contribution in [3.63, 3.8) is 0 Å². The van der Waals surface area contributed by atoms with Crippen LogP contribution in [-0.4, -0.2) is 43.1 Å². The van der Waals surface area contributed by atoms with Crippen LogP contribution < -0.4 is 9.62 Å². The standard InChI is InChI=1S/C18H22ClFN4S2/c1-23-5-2-12(3-6-23)13-10-24(11-13)16-9-15(20)17(8-14(16)19)26-22-18-21-4-7-25-18/h4,7-9,12-13H,2-3,5-6,10-11H2,1H3,(H,21,22). The van der Waals surface area contributed by atoms with E-state index in [1.807, 2.05) is 5.38 Å². The molecule has 4 rings (SSSR count). The minimum atomic E-state index is -0.249. The average Bonchev–Trinajstić information content (AvgIpc) is 3.10. The van der Waals surface area contributed by atoms with Crippen LogP contribution >= 0.6 is 34.9 Å². The summed E-state index contributed by atoms with van der Waals surface area (Å²) in [6, 6.07) is 3.28. The highest BCUT2D eigenvalue weighted by molar-refractivity contribution is 8.00. The fraction of sp³-hybridized carbons (Fsp3) is 0.500. The van der Waals surface area contributed by atoms with Crippen molar-refractivity contribution in [3.8, 4) is 0 Å². The number of rotatable bonds is 5. The van der Waals surface area contributed by atoms with Gasteiger partial charge in [0.1, 0.15) is 5.82 Å². The van der Waals surface area contributed by atoms with Crippen molar-refractivity contribution in [1.29, 1.82) is 0 Å². The van der Waals surface area contributed by atoms with Gasteiger partial charge in [-0.3, -0.25) is 0 Å².